The van der Waals surface area contributed by atoms with Crippen LogP contribution in [-0.4, -0.2) is 25.1 Å². The second kappa shape index (κ2) is 9.80. The molecule has 31 heavy (non-hydrogen) atoms. The van der Waals surface area contributed by atoms with E-state index in [4.69, 9.17) is 14.2 Å². The smallest absolute Gasteiger partial charge is 0.352 e. The number of nitrogens with one attached hydrogen (secondary N) is 1. The molecule has 0 bridgehead atoms. The molecule has 0 aliphatic carbocycles. The molecule has 0 aromatic heterocycles. The van der Waals surface area contributed by atoms with Gasteiger partial charge in [-0.15, -0.1) is 0 Å². The molecule has 0 aliphatic heterocycles. The summed E-state index contributed by atoms with van der Waals surface area (Å²) in [6, 6.07) is 19.1. The van der Waals surface area contributed by atoms with Crippen LogP contribution in [0.1, 0.15) is 28.4 Å². The van der Waals surface area contributed by atoms with E-state index >= 15 is 0 Å². The zero-order valence-corrected chi connectivity index (χ0v) is 18.0. The quantitative estimate of drug-likeness (QED) is 0.434. The summed E-state index contributed by atoms with van der Waals surface area (Å²) < 4.78 is 16.2. The molecule has 3 aromatic carbocycles. The molecule has 6 nitrogen and oxygen atoms in total. The van der Waals surface area contributed by atoms with Crippen molar-refractivity contribution in [2.45, 2.75) is 26.9 Å². The largest absolute Gasteiger partial charge is 0.497 e. The Morgan fingerprint density at radius 2 is 1.52 bits per heavy atom. The van der Waals surface area contributed by atoms with Crippen LogP contribution in [0.4, 0.5) is 5.69 Å². The summed E-state index contributed by atoms with van der Waals surface area (Å²) in [5.74, 6) is 0.906. The Labute approximate surface area is 181 Å². The van der Waals surface area contributed by atoms with Crippen molar-refractivity contribution in [2.75, 3.05) is 12.4 Å². The Morgan fingerprint density at radius 1 is 0.871 bits per heavy atom. The van der Waals surface area contributed by atoms with Gasteiger partial charge >= 0.3 is 5.97 Å². The van der Waals surface area contributed by atoms with Crippen molar-refractivity contribution in [3.8, 4) is 17.2 Å². The minimum absolute atomic E-state index is 0.269. The maximum absolute atomic E-state index is 12.4. The van der Waals surface area contributed by atoms with Crippen LogP contribution < -0.4 is 19.5 Å². The summed E-state index contributed by atoms with van der Waals surface area (Å²) in [4.78, 5) is 24.8. The first-order chi connectivity index (χ1) is 14.9. The molecule has 0 radical (unpaired) electrons. The monoisotopic (exact) mass is 419 g/mol. The van der Waals surface area contributed by atoms with Gasteiger partial charge in [0.25, 0.3) is 5.91 Å². The molecule has 0 heterocycles. The lowest BCUT2D eigenvalue weighted by molar-refractivity contribution is -0.141. The molecule has 0 saturated heterocycles. The number of esters is 1. The maximum Gasteiger partial charge on any atom is 0.352 e. The van der Waals surface area contributed by atoms with E-state index in [1.54, 1.807) is 62.6 Å². The van der Waals surface area contributed by atoms with Gasteiger partial charge in [-0.05, 0) is 86.5 Å². The van der Waals surface area contributed by atoms with Crippen LogP contribution in [0.2, 0.25) is 0 Å². The summed E-state index contributed by atoms with van der Waals surface area (Å²) in [5.41, 5.74) is 3.16. The molecule has 6 heteroatoms. The summed E-state index contributed by atoms with van der Waals surface area (Å²) >= 11 is 0. The highest BCUT2D eigenvalue weighted by molar-refractivity contribution is 6.04. The van der Waals surface area contributed by atoms with Crippen molar-refractivity contribution in [1.82, 2.24) is 0 Å². The number of rotatable bonds is 7. The maximum atomic E-state index is 12.4. The SMILES string of the molecule is COc1ccc(NC(=O)c2ccc(OC(=O)C(C)Oc3cccc(C)c3C)cc2)cc1. The second-order valence-electron chi connectivity index (χ2n) is 7.09. The number of carbonyl (C=O) groups excluding carboxylic acids is 2. The van der Waals surface area contributed by atoms with Crippen molar-refractivity contribution in [3.63, 3.8) is 0 Å². The second-order valence-corrected chi connectivity index (χ2v) is 7.09. The predicted molar refractivity (Wildman–Crippen MR) is 119 cm³/mol. The van der Waals surface area contributed by atoms with Crippen LogP contribution in [0, 0.1) is 13.8 Å². The molecule has 0 aliphatic rings. The number of anilines is 1. The summed E-state index contributed by atoms with van der Waals surface area (Å²) in [5, 5.41) is 2.80. The van der Waals surface area contributed by atoms with E-state index in [9.17, 15) is 9.59 Å². The molecule has 1 N–H and O–H groups in total. The van der Waals surface area contributed by atoms with Gasteiger partial charge in [0.2, 0.25) is 0 Å². The summed E-state index contributed by atoms with van der Waals surface area (Å²) in [6.07, 6.45) is -0.779. The van der Waals surface area contributed by atoms with E-state index in [-0.39, 0.29) is 5.91 Å². The number of ether oxygens (including phenoxy) is 3. The number of hydrogen-bond donors (Lipinski definition) is 1. The predicted octanol–water partition coefficient (Wildman–Crippen LogP) is 4.94. The number of amides is 1. The third kappa shape index (κ3) is 5.63. The minimum Gasteiger partial charge on any atom is -0.497 e. The Morgan fingerprint density at radius 3 is 2.16 bits per heavy atom. The molecular weight excluding hydrogens is 394 g/mol. The first-order valence-corrected chi connectivity index (χ1v) is 9.87. The van der Waals surface area contributed by atoms with Crippen LogP contribution in [0.5, 0.6) is 17.2 Å². The molecule has 1 amide bonds. The molecule has 1 unspecified atom stereocenters. The first kappa shape index (κ1) is 21.9. The van der Waals surface area contributed by atoms with Gasteiger partial charge in [0.05, 0.1) is 7.11 Å². The molecular formula is C25H25NO5. The minimum atomic E-state index is -0.779. The number of hydrogen-bond acceptors (Lipinski definition) is 5. The van der Waals surface area contributed by atoms with E-state index in [0.29, 0.717) is 28.5 Å². The fourth-order valence-corrected chi connectivity index (χ4v) is 2.84. The number of methoxy groups -OCH3 is 1. The first-order valence-electron chi connectivity index (χ1n) is 9.87. The number of carbonyl (C=O) groups is 2. The van der Waals surface area contributed by atoms with Gasteiger partial charge in [0.1, 0.15) is 17.2 Å². The van der Waals surface area contributed by atoms with Gasteiger partial charge in [-0.2, -0.15) is 0 Å². The van der Waals surface area contributed by atoms with Crippen molar-refractivity contribution in [3.05, 3.63) is 83.4 Å². The highest BCUT2D eigenvalue weighted by Crippen LogP contribution is 2.23. The molecule has 0 spiro atoms. The molecule has 0 saturated carbocycles. The Bertz CT molecular complexity index is 1060. The molecule has 3 rings (SSSR count). The van der Waals surface area contributed by atoms with Crippen molar-refractivity contribution < 1.29 is 23.8 Å². The average Bonchev–Trinajstić information content (AvgIpc) is 2.77. The molecule has 3 aromatic rings. The van der Waals surface area contributed by atoms with Crippen LogP contribution in [-0.2, 0) is 4.79 Å². The summed E-state index contributed by atoms with van der Waals surface area (Å²) in [6.45, 7) is 5.57. The highest BCUT2D eigenvalue weighted by Gasteiger charge is 2.19. The van der Waals surface area contributed by atoms with E-state index in [0.717, 1.165) is 11.1 Å². The normalized spacial score (nSPS) is 11.4. The Balaban J connectivity index is 1.58. The van der Waals surface area contributed by atoms with Gasteiger partial charge < -0.3 is 19.5 Å². The number of aryl methyl sites for hydroxylation is 1. The average molecular weight is 419 g/mol. The Hall–Kier alpha value is -3.80. The van der Waals surface area contributed by atoms with Crippen LogP contribution in [0.25, 0.3) is 0 Å². The molecule has 1 atom stereocenters. The van der Waals surface area contributed by atoms with Gasteiger partial charge in [0.15, 0.2) is 6.10 Å². The summed E-state index contributed by atoms with van der Waals surface area (Å²) in [7, 11) is 1.58. The van der Waals surface area contributed by atoms with E-state index < -0.39 is 12.1 Å². The third-order valence-electron chi connectivity index (χ3n) is 4.87. The fraction of sp³-hybridized carbons (Fsp3) is 0.200. The molecule has 0 fully saturated rings. The highest BCUT2D eigenvalue weighted by atomic mass is 16.6. The third-order valence-corrected chi connectivity index (χ3v) is 4.87. The van der Waals surface area contributed by atoms with Gasteiger partial charge in [0, 0.05) is 11.3 Å². The zero-order valence-electron chi connectivity index (χ0n) is 18.0. The standard InChI is InChI=1S/C25H25NO5/c1-16-6-5-7-23(17(16)2)30-18(3)25(28)31-22-12-8-19(9-13-22)24(27)26-20-10-14-21(29-4)15-11-20/h5-15,18H,1-4H3,(H,26,27). The van der Waals surface area contributed by atoms with Crippen molar-refractivity contribution in [2.24, 2.45) is 0 Å². The zero-order chi connectivity index (χ0) is 22.4. The van der Waals surface area contributed by atoms with E-state index in [2.05, 4.69) is 5.32 Å². The van der Waals surface area contributed by atoms with Crippen molar-refractivity contribution in [1.29, 1.82) is 0 Å². The van der Waals surface area contributed by atoms with Crippen LogP contribution in [0.15, 0.2) is 66.7 Å². The van der Waals surface area contributed by atoms with Crippen LogP contribution >= 0.6 is 0 Å². The van der Waals surface area contributed by atoms with E-state index in [1.165, 1.54) is 0 Å². The van der Waals surface area contributed by atoms with Gasteiger partial charge in [-0.3, -0.25) is 4.79 Å². The van der Waals surface area contributed by atoms with Crippen LogP contribution in [0.3, 0.4) is 0 Å². The Kier molecular flexibility index (Phi) is 6.92. The van der Waals surface area contributed by atoms with Gasteiger partial charge in [-0.1, -0.05) is 12.1 Å². The fourth-order valence-electron chi connectivity index (χ4n) is 2.84. The molecule has 160 valence electrons. The lowest BCUT2D eigenvalue weighted by Crippen LogP contribution is -2.28. The topological polar surface area (TPSA) is 73.9 Å². The van der Waals surface area contributed by atoms with Gasteiger partial charge in [-0.25, -0.2) is 4.79 Å². The van der Waals surface area contributed by atoms with Crippen molar-refractivity contribution >= 4 is 17.6 Å². The lowest BCUT2D eigenvalue weighted by Gasteiger charge is -2.16. The number of benzene rings is 3. The van der Waals surface area contributed by atoms with E-state index in [1.807, 2.05) is 32.0 Å². The lowest BCUT2D eigenvalue weighted by atomic mass is 10.1.